The Morgan fingerprint density at radius 2 is 1.89 bits per heavy atom. The van der Waals surface area contributed by atoms with E-state index < -0.39 is 5.82 Å². The van der Waals surface area contributed by atoms with E-state index in [0.29, 0.717) is 22.8 Å². The van der Waals surface area contributed by atoms with Gasteiger partial charge in [-0.3, -0.25) is 0 Å². The Balaban J connectivity index is 2.27. The van der Waals surface area contributed by atoms with Crippen molar-refractivity contribution in [3.05, 3.63) is 53.8 Å². The highest BCUT2D eigenvalue weighted by molar-refractivity contribution is 5.40. The molecule has 0 aliphatic heterocycles. The number of hydrogen-bond acceptors (Lipinski definition) is 3. The summed E-state index contributed by atoms with van der Waals surface area (Å²) in [6, 6.07) is 11.1. The van der Waals surface area contributed by atoms with E-state index in [2.05, 4.69) is 0 Å². The maximum atomic E-state index is 13.0. The molecule has 2 rings (SSSR count). The molecule has 0 saturated heterocycles. The Morgan fingerprint density at radius 1 is 1.11 bits per heavy atom. The van der Waals surface area contributed by atoms with Crippen LogP contribution in [-0.4, -0.2) is 12.2 Å². The van der Waals surface area contributed by atoms with E-state index in [1.807, 2.05) is 0 Å². The van der Waals surface area contributed by atoms with Gasteiger partial charge in [-0.05, 0) is 30.3 Å². The molecule has 0 unspecified atom stereocenters. The molecule has 1 N–H and O–H groups in total. The van der Waals surface area contributed by atoms with Gasteiger partial charge in [-0.15, -0.1) is 0 Å². The smallest absolute Gasteiger partial charge is 0.133 e. The summed E-state index contributed by atoms with van der Waals surface area (Å²) in [4.78, 5) is 0. The minimum atomic E-state index is -0.406. The molecule has 0 amide bonds. The Morgan fingerprint density at radius 3 is 2.61 bits per heavy atom. The quantitative estimate of drug-likeness (QED) is 0.903. The average Bonchev–Trinajstić information content (AvgIpc) is 2.41. The number of aliphatic hydroxyl groups excluding tert-OH is 1. The number of benzene rings is 2. The van der Waals surface area contributed by atoms with E-state index in [1.165, 1.54) is 18.2 Å². The van der Waals surface area contributed by atoms with Crippen molar-refractivity contribution in [2.45, 2.75) is 6.61 Å². The van der Waals surface area contributed by atoms with Crippen LogP contribution in [0.15, 0.2) is 42.5 Å². The second-order valence-corrected chi connectivity index (χ2v) is 3.69. The van der Waals surface area contributed by atoms with Crippen LogP contribution in [0.1, 0.15) is 5.56 Å². The molecule has 0 aliphatic carbocycles. The lowest BCUT2D eigenvalue weighted by Gasteiger charge is -2.10. The van der Waals surface area contributed by atoms with E-state index in [1.54, 1.807) is 31.4 Å². The normalized spacial score (nSPS) is 10.2. The van der Waals surface area contributed by atoms with Gasteiger partial charge in [0.05, 0.1) is 13.7 Å². The summed E-state index contributed by atoms with van der Waals surface area (Å²) in [6.45, 7) is -0.281. The maximum absolute atomic E-state index is 13.0. The van der Waals surface area contributed by atoms with Gasteiger partial charge in [0, 0.05) is 11.6 Å². The first kappa shape index (κ1) is 12.4. The Labute approximate surface area is 104 Å². The molecule has 0 atom stereocenters. The molecule has 0 spiro atoms. The van der Waals surface area contributed by atoms with E-state index in [-0.39, 0.29) is 6.61 Å². The van der Waals surface area contributed by atoms with Crippen molar-refractivity contribution in [1.82, 2.24) is 0 Å². The van der Waals surface area contributed by atoms with Gasteiger partial charge in [0.1, 0.15) is 23.1 Å². The lowest BCUT2D eigenvalue weighted by Crippen LogP contribution is -1.93. The first-order valence-electron chi connectivity index (χ1n) is 5.44. The second kappa shape index (κ2) is 5.51. The molecule has 2 aromatic carbocycles. The van der Waals surface area contributed by atoms with Crippen molar-refractivity contribution < 1.29 is 19.0 Å². The number of aliphatic hydroxyl groups is 1. The maximum Gasteiger partial charge on any atom is 0.133 e. The molecule has 2 aromatic rings. The van der Waals surface area contributed by atoms with Gasteiger partial charge in [-0.25, -0.2) is 4.39 Å². The minimum Gasteiger partial charge on any atom is -0.497 e. The number of rotatable bonds is 4. The first-order valence-corrected chi connectivity index (χ1v) is 5.44. The molecule has 4 heteroatoms. The summed E-state index contributed by atoms with van der Waals surface area (Å²) in [5.41, 5.74) is 0.401. The third-order valence-electron chi connectivity index (χ3n) is 2.46. The van der Waals surface area contributed by atoms with Crippen molar-refractivity contribution >= 4 is 0 Å². The SMILES string of the molecule is COc1cccc(Oc2ccc(F)cc2CO)c1. The molecule has 0 heterocycles. The molecule has 0 radical (unpaired) electrons. The van der Waals surface area contributed by atoms with Gasteiger partial charge in [0.15, 0.2) is 0 Å². The van der Waals surface area contributed by atoms with Crippen LogP contribution in [0, 0.1) is 5.82 Å². The van der Waals surface area contributed by atoms with Crippen molar-refractivity contribution in [2.24, 2.45) is 0 Å². The fourth-order valence-electron chi connectivity index (χ4n) is 1.56. The van der Waals surface area contributed by atoms with E-state index in [9.17, 15) is 4.39 Å². The summed E-state index contributed by atoms with van der Waals surface area (Å²) < 4.78 is 23.7. The monoisotopic (exact) mass is 248 g/mol. The summed E-state index contributed by atoms with van der Waals surface area (Å²) in [6.07, 6.45) is 0. The largest absolute Gasteiger partial charge is 0.497 e. The van der Waals surface area contributed by atoms with Gasteiger partial charge in [0.25, 0.3) is 0 Å². The zero-order valence-corrected chi connectivity index (χ0v) is 9.89. The third kappa shape index (κ3) is 2.78. The van der Waals surface area contributed by atoms with Crippen LogP contribution in [-0.2, 0) is 6.61 Å². The van der Waals surface area contributed by atoms with Crippen LogP contribution in [0.25, 0.3) is 0 Å². The Bertz CT molecular complexity index is 540. The highest BCUT2D eigenvalue weighted by Gasteiger charge is 2.06. The number of ether oxygens (including phenoxy) is 2. The molecular weight excluding hydrogens is 235 g/mol. The topological polar surface area (TPSA) is 38.7 Å². The summed E-state index contributed by atoms with van der Waals surface area (Å²) in [7, 11) is 1.57. The van der Waals surface area contributed by atoms with E-state index in [4.69, 9.17) is 14.6 Å². The van der Waals surface area contributed by atoms with Crippen LogP contribution in [0.2, 0.25) is 0 Å². The van der Waals surface area contributed by atoms with Gasteiger partial charge < -0.3 is 14.6 Å². The second-order valence-electron chi connectivity index (χ2n) is 3.69. The van der Waals surface area contributed by atoms with E-state index in [0.717, 1.165) is 0 Å². The first-order chi connectivity index (χ1) is 8.72. The molecule has 0 aromatic heterocycles. The number of halogens is 1. The predicted octanol–water partition coefficient (Wildman–Crippen LogP) is 3.12. The minimum absolute atomic E-state index is 0.281. The zero-order valence-electron chi connectivity index (χ0n) is 9.89. The van der Waals surface area contributed by atoms with Crippen LogP contribution in [0.3, 0.4) is 0 Å². The Hall–Kier alpha value is -2.07. The lowest BCUT2D eigenvalue weighted by molar-refractivity contribution is 0.275. The fraction of sp³-hybridized carbons (Fsp3) is 0.143. The molecule has 0 fully saturated rings. The van der Waals surface area contributed by atoms with Crippen molar-refractivity contribution in [3.8, 4) is 17.2 Å². The van der Waals surface area contributed by atoms with Gasteiger partial charge in [-0.2, -0.15) is 0 Å². The highest BCUT2D eigenvalue weighted by Crippen LogP contribution is 2.28. The standard InChI is InChI=1S/C14H13FO3/c1-17-12-3-2-4-13(8-12)18-14-6-5-11(15)7-10(14)9-16/h2-8,16H,9H2,1H3. The zero-order chi connectivity index (χ0) is 13.0. The van der Waals surface area contributed by atoms with Crippen molar-refractivity contribution in [2.75, 3.05) is 7.11 Å². The molecule has 94 valence electrons. The van der Waals surface area contributed by atoms with Crippen LogP contribution in [0.5, 0.6) is 17.2 Å². The molecular formula is C14H13FO3. The van der Waals surface area contributed by atoms with Gasteiger partial charge in [-0.1, -0.05) is 6.07 Å². The van der Waals surface area contributed by atoms with Crippen LogP contribution >= 0.6 is 0 Å². The van der Waals surface area contributed by atoms with Crippen LogP contribution in [0.4, 0.5) is 4.39 Å². The molecule has 0 saturated carbocycles. The predicted molar refractivity (Wildman–Crippen MR) is 65.4 cm³/mol. The number of hydrogen-bond donors (Lipinski definition) is 1. The fourth-order valence-corrected chi connectivity index (χ4v) is 1.56. The van der Waals surface area contributed by atoms with E-state index >= 15 is 0 Å². The van der Waals surface area contributed by atoms with Gasteiger partial charge >= 0.3 is 0 Å². The molecule has 3 nitrogen and oxygen atoms in total. The highest BCUT2D eigenvalue weighted by atomic mass is 19.1. The molecule has 18 heavy (non-hydrogen) atoms. The van der Waals surface area contributed by atoms with Crippen LogP contribution < -0.4 is 9.47 Å². The Kier molecular flexibility index (Phi) is 3.79. The molecule has 0 aliphatic rings. The van der Waals surface area contributed by atoms with Crippen molar-refractivity contribution in [1.29, 1.82) is 0 Å². The average molecular weight is 248 g/mol. The lowest BCUT2D eigenvalue weighted by atomic mass is 10.2. The number of methoxy groups -OCH3 is 1. The third-order valence-corrected chi connectivity index (χ3v) is 2.46. The summed E-state index contributed by atoms with van der Waals surface area (Å²) >= 11 is 0. The van der Waals surface area contributed by atoms with Crippen molar-refractivity contribution in [3.63, 3.8) is 0 Å². The van der Waals surface area contributed by atoms with Gasteiger partial charge in [0.2, 0.25) is 0 Å². The summed E-state index contributed by atoms with van der Waals surface area (Å²) in [5, 5.41) is 9.15. The molecule has 0 bridgehead atoms. The summed E-state index contributed by atoms with van der Waals surface area (Å²) in [5.74, 6) is 1.25.